The molecule has 0 aliphatic heterocycles. The number of para-hydroxylation sites is 1. The van der Waals surface area contributed by atoms with Gasteiger partial charge >= 0.3 is 7.60 Å². The Bertz CT molecular complexity index is 629. The van der Waals surface area contributed by atoms with Gasteiger partial charge in [0.05, 0.1) is 4.92 Å². The van der Waals surface area contributed by atoms with Gasteiger partial charge in [0.1, 0.15) is 5.30 Å². The largest absolute Gasteiger partial charge is 0.363 e. The molecule has 2 aromatic rings. The Hall–Kier alpha value is -1.53. The first-order valence-corrected chi connectivity index (χ1v) is 7.73. The van der Waals surface area contributed by atoms with E-state index in [-0.39, 0.29) is 0 Å². The lowest BCUT2D eigenvalue weighted by Gasteiger charge is -2.03. The van der Waals surface area contributed by atoms with E-state index in [0.717, 1.165) is 16.6 Å². The Morgan fingerprint density at radius 3 is 1.85 bits per heavy atom. The Labute approximate surface area is 123 Å². The van der Waals surface area contributed by atoms with Gasteiger partial charge in [-0.3, -0.25) is 14.7 Å². The van der Waals surface area contributed by atoms with Crippen molar-refractivity contribution in [2.75, 3.05) is 0 Å². The molecule has 0 bridgehead atoms. The first kappa shape index (κ1) is 16.5. The van der Waals surface area contributed by atoms with E-state index in [2.05, 4.69) is 15.9 Å². The molecule has 0 amide bonds. The normalized spacial score (nSPS) is 10.3. The summed E-state index contributed by atoms with van der Waals surface area (Å²) >= 11 is 3.31. The summed E-state index contributed by atoms with van der Waals surface area (Å²) in [5.74, 6) is 0. The van der Waals surface area contributed by atoms with E-state index in [4.69, 9.17) is 9.79 Å². The van der Waals surface area contributed by atoms with Crippen molar-refractivity contribution in [2.45, 2.75) is 0 Å². The molecular formula is C12H11BrNO5P. The molecule has 0 saturated heterocycles. The monoisotopic (exact) mass is 359 g/mol. The number of benzene rings is 2. The van der Waals surface area contributed by atoms with Gasteiger partial charge in [0.25, 0.3) is 5.69 Å². The van der Waals surface area contributed by atoms with Gasteiger partial charge < -0.3 is 9.79 Å². The van der Waals surface area contributed by atoms with Gasteiger partial charge in [-0.1, -0.05) is 46.3 Å². The van der Waals surface area contributed by atoms with Crippen molar-refractivity contribution in [3.8, 4) is 0 Å². The molecule has 20 heavy (non-hydrogen) atoms. The summed E-state index contributed by atoms with van der Waals surface area (Å²) in [6.45, 7) is 0. The van der Waals surface area contributed by atoms with Crippen molar-refractivity contribution in [1.29, 1.82) is 0 Å². The van der Waals surface area contributed by atoms with E-state index >= 15 is 0 Å². The highest BCUT2D eigenvalue weighted by atomic mass is 79.9. The number of nitro benzene ring substituents is 1. The highest BCUT2D eigenvalue weighted by Gasteiger charge is 2.27. The SMILES string of the molecule is Brc1ccccc1.O=[N+]([O-])c1ccccc1P(=O)(O)O. The third-order valence-corrected chi connectivity index (χ3v) is 3.66. The van der Waals surface area contributed by atoms with Crippen molar-refractivity contribution in [3.05, 3.63) is 69.2 Å². The van der Waals surface area contributed by atoms with Gasteiger partial charge in [-0.2, -0.15) is 0 Å². The zero-order valence-electron chi connectivity index (χ0n) is 10.1. The molecule has 8 heteroatoms. The lowest BCUT2D eigenvalue weighted by atomic mass is 10.3. The molecule has 0 atom stereocenters. The average Bonchev–Trinajstić information content (AvgIpc) is 2.39. The molecule has 0 aliphatic rings. The third kappa shape index (κ3) is 5.22. The number of halogens is 1. The van der Waals surface area contributed by atoms with Crippen LogP contribution in [0.1, 0.15) is 0 Å². The van der Waals surface area contributed by atoms with E-state index in [1.54, 1.807) is 0 Å². The van der Waals surface area contributed by atoms with Crippen molar-refractivity contribution >= 4 is 34.5 Å². The Morgan fingerprint density at radius 1 is 1.00 bits per heavy atom. The molecule has 0 fully saturated rings. The first-order chi connectivity index (χ1) is 9.32. The lowest BCUT2D eigenvalue weighted by Crippen LogP contribution is -2.09. The number of hydrogen-bond acceptors (Lipinski definition) is 3. The molecule has 2 rings (SSSR count). The predicted octanol–water partition coefficient (Wildman–Crippen LogP) is 2.85. The molecule has 0 aliphatic carbocycles. The van der Waals surface area contributed by atoms with Crippen LogP contribution in [0.15, 0.2) is 59.1 Å². The van der Waals surface area contributed by atoms with Gasteiger partial charge in [-0.05, 0) is 18.2 Å². The molecule has 2 aromatic carbocycles. The van der Waals surface area contributed by atoms with E-state index in [9.17, 15) is 14.7 Å². The minimum Gasteiger partial charge on any atom is -0.321 e. The second-order valence-electron chi connectivity index (χ2n) is 3.59. The summed E-state index contributed by atoms with van der Waals surface area (Å²) in [5, 5.41) is 9.78. The van der Waals surface area contributed by atoms with Crippen LogP contribution >= 0.6 is 23.5 Å². The fourth-order valence-electron chi connectivity index (χ4n) is 1.28. The lowest BCUT2D eigenvalue weighted by molar-refractivity contribution is -0.383. The van der Waals surface area contributed by atoms with Gasteiger partial charge in [-0.15, -0.1) is 0 Å². The first-order valence-electron chi connectivity index (χ1n) is 5.32. The van der Waals surface area contributed by atoms with Crippen LogP contribution in [0.5, 0.6) is 0 Å². The van der Waals surface area contributed by atoms with Gasteiger partial charge in [-0.25, -0.2) is 0 Å². The minimum atomic E-state index is -4.55. The van der Waals surface area contributed by atoms with Crippen LogP contribution in [0.4, 0.5) is 5.69 Å². The number of hydrogen-bond donors (Lipinski definition) is 2. The van der Waals surface area contributed by atoms with Crippen LogP contribution < -0.4 is 5.30 Å². The maximum atomic E-state index is 10.7. The van der Waals surface area contributed by atoms with E-state index in [0.29, 0.717) is 0 Å². The van der Waals surface area contributed by atoms with Gasteiger partial charge in [0.2, 0.25) is 0 Å². The average molecular weight is 360 g/mol. The quantitative estimate of drug-likeness (QED) is 0.487. The maximum absolute atomic E-state index is 10.7. The topological polar surface area (TPSA) is 101 Å². The highest BCUT2D eigenvalue weighted by Crippen LogP contribution is 2.36. The Kier molecular flexibility index (Phi) is 6.04. The van der Waals surface area contributed by atoms with E-state index < -0.39 is 23.5 Å². The standard InChI is InChI=1S/C6H5Br.C6H6NO5P/c7-6-4-2-1-3-5-6;8-7(9)5-3-1-2-4-6(5)13(10,11)12/h1-5H;1-4H,(H2,10,11,12). The second kappa shape index (κ2) is 7.31. The molecule has 0 aromatic heterocycles. The zero-order valence-corrected chi connectivity index (χ0v) is 12.6. The molecule has 0 saturated carbocycles. The molecule has 0 radical (unpaired) electrons. The summed E-state index contributed by atoms with van der Waals surface area (Å²) in [5.41, 5.74) is -0.559. The molecule has 6 nitrogen and oxygen atoms in total. The van der Waals surface area contributed by atoms with Crippen LogP contribution in [0.2, 0.25) is 0 Å². The highest BCUT2D eigenvalue weighted by molar-refractivity contribution is 9.10. The fourth-order valence-corrected chi connectivity index (χ4v) is 2.32. The van der Waals surface area contributed by atoms with Gasteiger partial charge in [0.15, 0.2) is 0 Å². The summed E-state index contributed by atoms with van der Waals surface area (Å²) < 4.78 is 11.9. The van der Waals surface area contributed by atoms with Crippen molar-refractivity contribution in [3.63, 3.8) is 0 Å². The van der Waals surface area contributed by atoms with Crippen LogP contribution in [-0.4, -0.2) is 14.7 Å². The van der Waals surface area contributed by atoms with Gasteiger partial charge in [0, 0.05) is 10.5 Å². The second-order valence-corrected chi connectivity index (χ2v) is 6.07. The summed E-state index contributed by atoms with van der Waals surface area (Å²) in [6.07, 6.45) is 0. The van der Waals surface area contributed by atoms with Crippen LogP contribution in [-0.2, 0) is 4.57 Å². The Balaban J connectivity index is 0.000000240. The Morgan fingerprint density at radius 2 is 1.50 bits per heavy atom. The van der Waals surface area contributed by atoms with Crippen LogP contribution in [0.25, 0.3) is 0 Å². The molecule has 2 N–H and O–H groups in total. The molecule has 0 spiro atoms. The van der Waals surface area contributed by atoms with Crippen LogP contribution in [0.3, 0.4) is 0 Å². The maximum Gasteiger partial charge on any atom is 0.363 e. The molecule has 106 valence electrons. The molecule has 0 heterocycles. The summed E-state index contributed by atoms with van der Waals surface area (Å²) in [7, 11) is -4.55. The molecular weight excluding hydrogens is 349 g/mol. The fraction of sp³-hybridized carbons (Fsp3) is 0. The summed E-state index contributed by atoms with van der Waals surface area (Å²) in [4.78, 5) is 27.0. The zero-order chi connectivity index (χ0) is 15.2. The van der Waals surface area contributed by atoms with Crippen molar-refractivity contribution in [2.24, 2.45) is 0 Å². The van der Waals surface area contributed by atoms with Crippen LogP contribution in [0, 0.1) is 10.1 Å². The van der Waals surface area contributed by atoms with E-state index in [1.165, 1.54) is 12.1 Å². The van der Waals surface area contributed by atoms with Crippen molar-refractivity contribution in [1.82, 2.24) is 0 Å². The smallest absolute Gasteiger partial charge is 0.321 e. The third-order valence-electron chi connectivity index (χ3n) is 2.13. The molecule has 0 unspecified atom stereocenters. The predicted molar refractivity (Wildman–Crippen MR) is 78.9 cm³/mol. The number of nitrogens with zero attached hydrogens (tertiary/aromatic N) is 1. The van der Waals surface area contributed by atoms with Crippen molar-refractivity contribution < 1.29 is 19.3 Å². The summed E-state index contributed by atoms with van der Waals surface area (Å²) in [6, 6.07) is 14.7. The number of rotatable bonds is 2. The van der Waals surface area contributed by atoms with E-state index in [1.807, 2.05) is 30.3 Å². The minimum absolute atomic E-state index is 0.556. The number of nitro groups is 1.